The number of nitrogens with one attached hydrogen (secondary N) is 1. The average molecular weight is 292 g/mol. The third-order valence-corrected chi connectivity index (χ3v) is 4.97. The van der Waals surface area contributed by atoms with Gasteiger partial charge in [-0.25, -0.2) is 0 Å². The van der Waals surface area contributed by atoms with Crippen LogP contribution in [-0.4, -0.2) is 36.8 Å². The Balaban J connectivity index is 1.58. The first-order chi connectivity index (χ1) is 9.79. The Morgan fingerprint density at radius 2 is 2.05 bits per heavy atom. The molecule has 1 heterocycles. The monoisotopic (exact) mass is 292 g/mol. The second-order valence-corrected chi connectivity index (χ2v) is 6.64. The van der Waals surface area contributed by atoms with Gasteiger partial charge in [-0.05, 0) is 69.8 Å². The summed E-state index contributed by atoms with van der Waals surface area (Å²) in [5, 5.41) is 3.56. The van der Waals surface area contributed by atoms with Crippen molar-refractivity contribution in [2.75, 3.05) is 25.9 Å². The minimum atomic E-state index is 0.794. The van der Waals surface area contributed by atoms with Gasteiger partial charge in [-0.1, -0.05) is 18.6 Å². The van der Waals surface area contributed by atoms with E-state index in [0.29, 0.717) is 0 Å². The molecule has 1 N–H and O–H groups in total. The first kappa shape index (κ1) is 15.9. The number of likely N-dealkylation sites (tertiary alicyclic amines) is 1. The van der Waals surface area contributed by atoms with Crippen LogP contribution >= 0.6 is 11.8 Å². The summed E-state index contributed by atoms with van der Waals surface area (Å²) in [5.74, 6) is 0. The molecule has 0 aromatic heterocycles. The molecule has 2 rings (SSSR count). The van der Waals surface area contributed by atoms with Gasteiger partial charge in [0.05, 0.1) is 0 Å². The van der Waals surface area contributed by atoms with Gasteiger partial charge in [-0.3, -0.25) is 0 Å². The lowest BCUT2D eigenvalue weighted by Gasteiger charge is -2.33. The number of nitrogens with zero attached hydrogens (tertiary/aromatic N) is 1. The molecule has 3 heteroatoms. The van der Waals surface area contributed by atoms with Gasteiger partial charge in [-0.15, -0.1) is 11.8 Å². The van der Waals surface area contributed by atoms with Crippen LogP contribution in [0.3, 0.4) is 0 Å². The average Bonchev–Trinajstić information content (AvgIpc) is 2.49. The molecule has 112 valence electrons. The van der Waals surface area contributed by atoms with Gasteiger partial charge in [0.15, 0.2) is 0 Å². The number of hydrogen-bond donors (Lipinski definition) is 1. The number of hydrogen-bond acceptors (Lipinski definition) is 3. The van der Waals surface area contributed by atoms with E-state index in [9.17, 15) is 0 Å². The van der Waals surface area contributed by atoms with Gasteiger partial charge in [0.2, 0.25) is 0 Å². The van der Waals surface area contributed by atoms with E-state index in [0.717, 1.165) is 19.1 Å². The van der Waals surface area contributed by atoms with Crippen LogP contribution < -0.4 is 5.32 Å². The first-order valence-corrected chi connectivity index (χ1v) is 9.10. The Morgan fingerprint density at radius 1 is 1.25 bits per heavy atom. The summed E-state index contributed by atoms with van der Waals surface area (Å²) in [6, 6.07) is 9.66. The van der Waals surface area contributed by atoms with E-state index in [2.05, 4.69) is 47.7 Å². The van der Waals surface area contributed by atoms with Crippen LogP contribution in [0.2, 0.25) is 0 Å². The zero-order valence-corrected chi connectivity index (χ0v) is 13.7. The molecule has 1 atom stereocenters. The Labute approximate surface area is 128 Å². The number of benzene rings is 1. The summed E-state index contributed by atoms with van der Waals surface area (Å²) in [5.41, 5.74) is 1.38. The van der Waals surface area contributed by atoms with E-state index in [-0.39, 0.29) is 0 Å². The Morgan fingerprint density at radius 3 is 2.75 bits per heavy atom. The molecule has 1 aromatic carbocycles. The van der Waals surface area contributed by atoms with Gasteiger partial charge < -0.3 is 10.2 Å². The largest absolute Gasteiger partial charge is 0.313 e. The van der Waals surface area contributed by atoms with Crippen LogP contribution in [0.15, 0.2) is 29.2 Å². The van der Waals surface area contributed by atoms with E-state index in [1.54, 1.807) is 11.8 Å². The molecule has 0 aliphatic carbocycles. The fourth-order valence-electron chi connectivity index (χ4n) is 2.87. The smallest absolute Gasteiger partial charge is 0.0205 e. The van der Waals surface area contributed by atoms with Crippen LogP contribution in [0.5, 0.6) is 0 Å². The van der Waals surface area contributed by atoms with E-state index in [4.69, 9.17) is 0 Å². The normalized spacial score (nSPS) is 20.2. The molecule has 2 nitrogen and oxygen atoms in total. The van der Waals surface area contributed by atoms with E-state index >= 15 is 0 Å². The summed E-state index contributed by atoms with van der Waals surface area (Å²) < 4.78 is 0. The molecule has 1 aromatic rings. The van der Waals surface area contributed by atoms with Crippen molar-refractivity contribution < 1.29 is 0 Å². The zero-order chi connectivity index (χ0) is 14.2. The zero-order valence-electron chi connectivity index (χ0n) is 12.9. The van der Waals surface area contributed by atoms with E-state index in [1.807, 2.05) is 0 Å². The summed E-state index contributed by atoms with van der Waals surface area (Å²) >= 11 is 1.80. The lowest BCUT2D eigenvalue weighted by atomic mass is 10.0. The molecule has 0 amide bonds. The molecule has 0 radical (unpaired) electrons. The number of thioether (sulfide) groups is 1. The molecule has 0 saturated carbocycles. The molecule has 0 spiro atoms. The summed E-state index contributed by atoms with van der Waals surface area (Å²) in [6.07, 6.45) is 7.57. The molecule has 0 bridgehead atoms. The summed E-state index contributed by atoms with van der Waals surface area (Å²) in [7, 11) is 0. The molecule has 0 unspecified atom stereocenters. The van der Waals surface area contributed by atoms with Gasteiger partial charge in [0.25, 0.3) is 0 Å². The second kappa shape index (κ2) is 8.71. The standard InChI is InChI=1S/C17H28N2S/c1-15-6-3-4-12-19(15)13-5-11-18-14-16-7-9-17(20-2)10-8-16/h7-10,15,18H,3-6,11-14H2,1-2H3/t15-/m1/s1. The number of piperidine rings is 1. The lowest BCUT2D eigenvalue weighted by molar-refractivity contribution is 0.159. The predicted molar refractivity (Wildman–Crippen MR) is 89.4 cm³/mol. The maximum Gasteiger partial charge on any atom is 0.0205 e. The number of rotatable bonds is 7. The molecule has 1 saturated heterocycles. The fourth-order valence-corrected chi connectivity index (χ4v) is 3.28. The molecular formula is C17H28N2S. The van der Waals surface area contributed by atoms with Crippen molar-refractivity contribution in [2.24, 2.45) is 0 Å². The van der Waals surface area contributed by atoms with Crippen LogP contribution in [-0.2, 0) is 6.54 Å². The highest BCUT2D eigenvalue weighted by Gasteiger charge is 2.16. The topological polar surface area (TPSA) is 15.3 Å². The maximum atomic E-state index is 3.56. The van der Waals surface area contributed by atoms with Crippen molar-refractivity contribution in [3.8, 4) is 0 Å². The Kier molecular flexibility index (Phi) is 6.91. The SMILES string of the molecule is CSc1ccc(CNCCCN2CCCC[C@H]2C)cc1. The first-order valence-electron chi connectivity index (χ1n) is 7.87. The van der Waals surface area contributed by atoms with Crippen molar-refractivity contribution in [2.45, 2.75) is 50.1 Å². The fraction of sp³-hybridized carbons (Fsp3) is 0.647. The van der Waals surface area contributed by atoms with E-state index in [1.165, 1.54) is 49.2 Å². The minimum Gasteiger partial charge on any atom is -0.313 e. The second-order valence-electron chi connectivity index (χ2n) is 5.76. The highest BCUT2D eigenvalue weighted by molar-refractivity contribution is 7.98. The van der Waals surface area contributed by atoms with Crippen LogP contribution in [0.25, 0.3) is 0 Å². The summed E-state index contributed by atoms with van der Waals surface area (Å²) in [4.78, 5) is 3.99. The van der Waals surface area contributed by atoms with Gasteiger partial charge >= 0.3 is 0 Å². The van der Waals surface area contributed by atoms with Crippen LogP contribution in [0, 0.1) is 0 Å². The van der Waals surface area contributed by atoms with E-state index < -0.39 is 0 Å². The Bertz CT molecular complexity index is 377. The highest BCUT2D eigenvalue weighted by atomic mass is 32.2. The molecule has 20 heavy (non-hydrogen) atoms. The summed E-state index contributed by atoms with van der Waals surface area (Å²) in [6.45, 7) is 7.04. The highest BCUT2D eigenvalue weighted by Crippen LogP contribution is 2.16. The van der Waals surface area contributed by atoms with Gasteiger partial charge in [-0.2, -0.15) is 0 Å². The van der Waals surface area contributed by atoms with Crippen molar-refractivity contribution in [3.63, 3.8) is 0 Å². The van der Waals surface area contributed by atoms with Crippen molar-refractivity contribution in [1.82, 2.24) is 10.2 Å². The van der Waals surface area contributed by atoms with Gasteiger partial charge in [0.1, 0.15) is 0 Å². The predicted octanol–water partition coefficient (Wildman–Crippen LogP) is 3.76. The van der Waals surface area contributed by atoms with Crippen molar-refractivity contribution in [1.29, 1.82) is 0 Å². The molecular weight excluding hydrogens is 264 g/mol. The van der Waals surface area contributed by atoms with Gasteiger partial charge in [0, 0.05) is 17.5 Å². The minimum absolute atomic E-state index is 0.794. The third kappa shape index (κ3) is 5.12. The molecule has 1 aliphatic heterocycles. The quantitative estimate of drug-likeness (QED) is 0.608. The van der Waals surface area contributed by atoms with Crippen LogP contribution in [0.4, 0.5) is 0 Å². The van der Waals surface area contributed by atoms with Crippen molar-refractivity contribution in [3.05, 3.63) is 29.8 Å². The third-order valence-electron chi connectivity index (χ3n) is 4.23. The molecule has 1 aliphatic rings. The lowest BCUT2D eigenvalue weighted by Crippen LogP contribution is -2.38. The molecule has 1 fully saturated rings. The van der Waals surface area contributed by atoms with Crippen molar-refractivity contribution >= 4 is 11.8 Å². The Hall–Kier alpha value is -0.510. The van der Waals surface area contributed by atoms with Crippen LogP contribution in [0.1, 0.15) is 38.2 Å². The maximum absolute atomic E-state index is 3.56.